The number of hydrogen-bond donors (Lipinski definition) is 2. The summed E-state index contributed by atoms with van der Waals surface area (Å²) in [4.78, 5) is 26.6. The first-order valence-electron chi connectivity index (χ1n) is 9.33. The number of rotatable bonds is 7. The van der Waals surface area contributed by atoms with Gasteiger partial charge in [-0.3, -0.25) is 9.59 Å². The molecule has 0 radical (unpaired) electrons. The van der Waals surface area contributed by atoms with E-state index in [0.717, 1.165) is 5.69 Å². The summed E-state index contributed by atoms with van der Waals surface area (Å²) in [6.07, 6.45) is 0. The first-order valence-corrected chi connectivity index (χ1v) is 9.33. The lowest BCUT2D eigenvalue weighted by molar-refractivity contribution is -0.114. The normalized spacial score (nSPS) is 10.3. The molecule has 0 saturated carbocycles. The van der Waals surface area contributed by atoms with E-state index in [2.05, 4.69) is 10.6 Å². The van der Waals surface area contributed by atoms with Crippen LogP contribution in [0, 0.1) is 5.82 Å². The number of anilines is 3. The number of amides is 2. The molecule has 0 atom stereocenters. The standard InChI is InChI=1S/C23H22FN3O2/c1-2-27(21-6-4-3-5-7-21)23(29)17-8-12-20(13-9-17)26-22(28)16-25-19-14-10-18(24)11-15-19/h3-15,25H,2,16H2,1H3,(H,26,28). The molecular weight excluding hydrogens is 369 g/mol. The Kier molecular flexibility index (Phi) is 6.58. The quantitative estimate of drug-likeness (QED) is 0.621. The summed E-state index contributed by atoms with van der Waals surface area (Å²) in [5.74, 6) is -0.675. The SMILES string of the molecule is CCN(C(=O)c1ccc(NC(=O)CNc2ccc(F)cc2)cc1)c1ccccc1. The lowest BCUT2D eigenvalue weighted by Gasteiger charge is -2.21. The molecule has 0 bridgehead atoms. The van der Waals surface area contributed by atoms with Crippen LogP contribution in [0.2, 0.25) is 0 Å². The van der Waals surface area contributed by atoms with E-state index in [-0.39, 0.29) is 24.2 Å². The number of carbonyl (C=O) groups is 2. The Balaban J connectivity index is 1.58. The first-order chi connectivity index (χ1) is 14.1. The Labute approximate surface area is 169 Å². The second-order valence-corrected chi connectivity index (χ2v) is 6.37. The molecule has 2 N–H and O–H groups in total. The van der Waals surface area contributed by atoms with Crippen molar-refractivity contribution >= 4 is 28.9 Å². The Morgan fingerprint density at radius 1 is 0.862 bits per heavy atom. The van der Waals surface area contributed by atoms with Gasteiger partial charge in [0.15, 0.2) is 0 Å². The molecule has 0 aromatic heterocycles. The van der Waals surface area contributed by atoms with Gasteiger partial charge in [0.2, 0.25) is 5.91 Å². The summed E-state index contributed by atoms with van der Waals surface area (Å²) < 4.78 is 12.9. The van der Waals surface area contributed by atoms with Gasteiger partial charge < -0.3 is 15.5 Å². The minimum Gasteiger partial charge on any atom is -0.376 e. The molecule has 0 aliphatic heterocycles. The van der Waals surface area contributed by atoms with Crippen LogP contribution in [0.5, 0.6) is 0 Å². The van der Waals surface area contributed by atoms with E-state index in [1.54, 1.807) is 41.3 Å². The third-order valence-corrected chi connectivity index (χ3v) is 4.34. The number of halogens is 1. The van der Waals surface area contributed by atoms with Crippen LogP contribution in [0.15, 0.2) is 78.9 Å². The fourth-order valence-electron chi connectivity index (χ4n) is 2.86. The van der Waals surface area contributed by atoms with E-state index in [1.807, 2.05) is 37.3 Å². The van der Waals surface area contributed by atoms with Crippen molar-refractivity contribution in [3.05, 3.63) is 90.2 Å². The van der Waals surface area contributed by atoms with E-state index in [9.17, 15) is 14.0 Å². The Morgan fingerprint density at radius 3 is 2.10 bits per heavy atom. The maximum atomic E-state index is 12.9. The molecule has 29 heavy (non-hydrogen) atoms. The minimum absolute atomic E-state index is 0.0456. The number of nitrogens with one attached hydrogen (secondary N) is 2. The van der Waals surface area contributed by atoms with Gasteiger partial charge in [-0.2, -0.15) is 0 Å². The van der Waals surface area contributed by atoms with Gasteiger partial charge in [0, 0.05) is 29.2 Å². The topological polar surface area (TPSA) is 61.4 Å². The van der Waals surface area contributed by atoms with Gasteiger partial charge in [0.25, 0.3) is 5.91 Å². The molecule has 3 rings (SSSR count). The zero-order chi connectivity index (χ0) is 20.6. The number of hydrogen-bond acceptors (Lipinski definition) is 3. The molecule has 3 aromatic carbocycles. The molecule has 0 saturated heterocycles. The summed E-state index contributed by atoms with van der Waals surface area (Å²) in [7, 11) is 0. The molecule has 2 amide bonds. The predicted molar refractivity (Wildman–Crippen MR) is 114 cm³/mol. The third kappa shape index (κ3) is 5.42. The summed E-state index contributed by atoms with van der Waals surface area (Å²) in [5, 5.41) is 5.69. The Hall–Kier alpha value is -3.67. The van der Waals surface area contributed by atoms with E-state index >= 15 is 0 Å². The smallest absolute Gasteiger partial charge is 0.258 e. The van der Waals surface area contributed by atoms with Crippen molar-refractivity contribution in [2.45, 2.75) is 6.92 Å². The predicted octanol–water partition coefficient (Wildman–Crippen LogP) is 4.54. The number of carbonyl (C=O) groups excluding carboxylic acids is 2. The van der Waals surface area contributed by atoms with E-state index in [4.69, 9.17) is 0 Å². The van der Waals surface area contributed by atoms with Crippen LogP contribution in [0.1, 0.15) is 17.3 Å². The number of nitrogens with zero attached hydrogens (tertiary/aromatic N) is 1. The van der Waals surface area contributed by atoms with Gasteiger partial charge >= 0.3 is 0 Å². The van der Waals surface area contributed by atoms with Crippen LogP contribution in [0.3, 0.4) is 0 Å². The van der Waals surface area contributed by atoms with E-state index in [1.165, 1.54) is 12.1 Å². The van der Waals surface area contributed by atoms with Crippen molar-refractivity contribution in [3.8, 4) is 0 Å². The molecule has 5 nitrogen and oxygen atoms in total. The lowest BCUT2D eigenvalue weighted by Crippen LogP contribution is -2.30. The highest BCUT2D eigenvalue weighted by Crippen LogP contribution is 2.18. The van der Waals surface area contributed by atoms with Crippen LogP contribution in [-0.2, 0) is 4.79 Å². The molecular formula is C23H22FN3O2. The van der Waals surface area contributed by atoms with Crippen LogP contribution in [0.25, 0.3) is 0 Å². The van der Waals surface area contributed by atoms with Crippen LogP contribution in [0.4, 0.5) is 21.5 Å². The maximum Gasteiger partial charge on any atom is 0.258 e. The van der Waals surface area contributed by atoms with E-state index in [0.29, 0.717) is 23.5 Å². The van der Waals surface area contributed by atoms with Gasteiger partial charge in [-0.1, -0.05) is 18.2 Å². The second kappa shape index (κ2) is 9.50. The number of benzene rings is 3. The Bertz CT molecular complexity index is 958. The fourth-order valence-corrected chi connectivity index (χ4v) is 2.86. The zero-order valence-electron chi connectivity index (χ0n) is 16.1. The maximum absolute atomic E-state index is 12.9. The molecule has 0 heterocycles. The van der Waals surface area contributed by atoms with Gasteiger partial charge in [-0.15, -0.1) is 0 Å². The average Bonchev–Trinajstić information content (AvgIpc) is 2.75. The molecule has 0 unspecified atom stereocenters. The van der Waals surface area contributed by atoms with Crippen molar-refractivity contribution in [2.75, 3.05) is 28.6 Å². The number of para-hydroxylation sites is 1. The zero-order valence-corrected chi connectivity index (χ0v) is 16.1. The third-order valence-electron chi connectivity index (χ3n) is 4.34. The van der Waals surface area contributed by atoms with Crippen LogP contribution >= 0.6 is 0 Å². The summed E-state index contributed by atoms with van der Waals surface area (Å²) in [5.41, 5.74) is 2.63. The molecule has 0 aliphatic carbocycles. The van der Waals surface area contributed by atoms with Crippen molar-refractivity contribution in [1.29, 1.82) is 0 Å². The largest absolute Gasteiger partial charge is 0.376 e. The fraction of sp³-hybridized carbons (Fsp3) is 0.130. The molecule has 6 heteroatoms. The molecule has 0 aliphatic rings. The van der Waals surface area contributed by atoms with Gasteiger partial charge in [0.1, 0.15) is 5.82 Å². The highest BCUT2D eigenvalue weighted by atomic mass is 19.1. The van der Waals surface area contributed by atoms with Gasteiger partial charge in [0.05, 0.1) is 6.54 Å². The van der Waals surface area contributed by atoms with Crippen LogP contribution < -0.4 is 15.5 Å². The van der Waals surface area contributed by atoms with Gasteiger partial charge in [-0.05, 0) is 67.6 Å². The van der Waals surface area contributed by atoms with Crippen molar-refractivity contribution < 1.29 is 14.0 Å². The summed E-state index contributed by atoms with van der Waals surface area (Å²) in [6.45, 7) is 2.52. The van der Waals surface area contributed by atoms with Gasteiger partial charge in [-0.25, -0.2) is 4.39 Å². The minimum atomic E-state index is -0.330. The van der Waals surface area contributed by atoms with Crippen molar-refractivity contribution in [2.24, 2.45) is 0 Å². The average molecular weight is 391 g/mol. The summed E-state index contributed by atoms with van der Waals surface area (Å²) in [6, 6.07) is 22.0. The van der Waals surface area contributed by atoms with Crippen LogP contribution in [-0.4, -0.2) is 24.9 Å². The highest BCUT2D eigenvalue weighted by Gasteiger charge is 2.15. The molecule has 0 fully saturated rings. The molecule has 3 aromatic rings. The first kappa shape index (κ1) is 20.1. The van der Waals surface area contributed by atoms with E-state index < -0.39 is 0 Å². The molecule has 148 valence electrons. The summed E-state index contributed by atoms with van der Waals surface area (Å²) >= 11 is 0. The Morgan fingerprint density at radius 2 is 1.48 bits per heavy atom. The van der Waals surface area contributed by atoms with Crippen molar-refractivity contribution in [3.63, 3.8) is 0 Å². The molecule has 0 spiro atoms. The second-order valence-electron chi connectivity index (χ2n) is 6.37. The van der Waals surface area contributed by atoms with Crippen molar-refractivity contribution in [1.82, 2.24) is 0 Å². The highest BCUT2D eigenvalue weighted by molar-refractivity contribution is 6.06. The lowest BCUT2D eigenvalue weighted by atomic mass is 10.1. The monoisotopic (exact) mass is 391 g/mol.